The Morgan fingerprint density at radius 1 is 1.19 bits per heavy atom. The third-order valence-corrected chi connectivity index (χ3v) is 5.17. The van der Waals surface area contributed by atoms with Crippen molar-refractivity contribution in [3.8, 4) is 5.75 Å². The fraction of sp³-hybridized carbons (Fsp3) is 0.238. The molecule has 2 aromatic heterocycles. The van der Waals surface area contributed by atoms with Crippen LogP contribution < -0.4 is 4.74 Å². The maximum absolute atomic E-state index is 11.9. The average molecular weight is 348 g/mol. The van der Waals surface area contributed by atoms with Crippen LogP contribution in [0.5, 0.6) is 5.75 Å². The van der Waals surface area contributed by atoms with Crippen molar-refractivity contribution in [2.75, 3.05) is 7.11 Å². The van der Waals surface area contributed by atoms with Gasteiger partial charge < -0.3 is 9.84 Å². The van der Waals surface area contributed by atoms with E-state index in [1.807, 2.05) is 34.7 Å². The third-order valence-electron chi connectivity index (χ3n) is 5.17. The van der Waals surface area contributed by atoms with Crippen molar-refractivity contribution in [2.45, 2.75) is 26.2 Å². The van der Waals surface area contributed by atoms with Crippen molar-refractivity contribution >= 4 is 33.3 Å². The van der Waals surface area contributed by atoms with Gasteiger partial charge in [-0.1, -0.05) is 12.1 Å². The summed E-state index contributed by atoms with van der Waals surface area (Å²) in [5.41, 5.74) is 2.41. The molecule has 0 aliphatic carbocycles. The van der Waals surface area contributed by atoms with E-state index in [1.165, 1.54) is 0 Å². The molecule has 0 unspecified atom stereocenters. The minimum atomic E-state index is -1.07. The van der Waals surface area contributed by atoms with Gasteiger partial charge in [-0.25, -0.2) is 4.98 Å². The van der Waals surface area contributed by atoms with E-state index in [4.69, 9.17) is 4.74 Å². The van der Waals surface area contributed by atoms with E-state index in [2.05, 4.69) is 18.0 Å². The second kappa shape index (κ2) is 5.46. The van der Waals surface area contributed by atoms with Gasteiger partial charge in [0, 0.05) is 10.8 Å². The fourth-order valence-corrected chi connectivity index (χ4v) is 3.58. The molecule has 0 atom stereocenters. The predicted octanol–water partition coefficient (Wildman–Crippen LogP) is 4.32. The zero-order valence-corrected chi connectivity index (χ0v) is 15.2. The number of benzene rings is 2. The van der Waals surface area contributed by atoms with Gasteiger partial charge in [-0.2, -0.15) is 0 Å². The summed E-state index contributed by atoms with van der Waals surface area (Å²) in [6.45, 7) is 5.48. The fourth-order valence-electron chi connectivity index (χ4n) is 3.58. The lowest BCUT2D eigenvalue weighted by molar-refractivity contribution is -0.142. The molecule has 0 spiro atoms. The number of carboxylic acid groups (broad SMARTS) is 1. The lowest BCUT2D eigenvalue weighted by Gasteiger charge is -2.21. The predicted molar refractivity (Wildman–Crippen MR) is 102 cm³/mol. The van der Waals surface area contributed by atoms with Gasteiger partial charge in [0.05, 0.1) is 24.5 Å². The van der Waals surface area contributed by atoms with Gasteiger partial charge >= 0.3 is 5.97 Å². The van der Waals surface area contributed by atoms with Gasteiger partial charge in [-0.05, 0) is 56.0 Å². The van der Waals surface area contributed by atoms with Crippen LogP contribution in [0.2, 0.25) is 0 Å². The Labute approximate surface area is 150 Å². The molecule has 2 heterocycles. The summed E-state index contributed by atoms with van der Waals surface area (Å²) in [6.07, 6.45) is 1.67. The van der Waals surface area contributed by atoms with E-state index in [-0.39, 0.29) is 0 Å². The number of pyridine rings is 1. The average Bonchev–Trinajstić information content (AvgIpc) is 3.07. The molecule has 4 rings (SSSR count). The molecule has 2 aromatic carbocycles. The van der Waals surface area contributed by atoms with Gasteiger partial charge in [0.1, 0.15) is 16.8 Å². The minimum Gasteiger partial charge on any atom is -0.497 e. The number of methoxy groups -OCH3 is 1. The zero-order chi connectivity index (χ0) is 18.6. The molecule has 0 saturated carbocycles. The molecule has 0 fully saturated rings. The molecule has 132 valence electrons. The molecule has 4 aromatic rings. The maximum Gasteiger partial charge on any atom is 0.315 e. The molecular weight excluding hydrogens is 328 g/mol. The molecule has 0 aliphatic heterocycles. The molecule has 5 heteroatoms. The van der Waals surface area contributed by atoms with E-state index in [0.29, 0.717) is 5.69 Å². The topological polar surface area (TPSA) is 63.8 Å². The van der Waals surface area contributed by atoms with Gasteiger partial charge in [-0.3, -0.25) is 9.20 Å². The first-order valence-corrected chi connectivity index (χ1v) is 8.46. The molecule has 0 bridgehead atoms. The van der Waals surface area contributed by atoms with Gasteiger partial charge in [-0.15, -0.1) is 0 Å². The van der Waals surface area contributed by atoms with Gasteiger partial charge in [0.25, 0.3) is 0 Å². The quantitative estimate of drug-likeness (QED) is 0.560. The van der Waals surface area contributed by atoms with Crippen molar-refractivity contribution < 1.29 is 14.6 Å². The summed E-state index contributed by atoms with van der Waals surface area (Å²) in [5.74, 6) is -0.139. The number of carboxylic acids is 1. The molecule has 5 nitrogen and oxygen atoms in total. The molecule has 26 heavy (non-hydrogen) atoms. The van der Waals surface area contributed by atoms with Crippen LogP contribution in [0.25, 0.3) is 27.3 Å². The molecule has 1 N–H and O–H groups in total. The second-order valence-electron chi connectivity index (χ2n) is 7.11. The number of rotatable bonds is 3. The van der Waals surface area contributed by atoms with E-state index in [1.54, 1.807) is 27.2 Å². The number of aliphatic carboxylic acids is 1. The van der Waals surface area contributed by atoms with Crippen molar-refractivity contribution in [2.24, 2.45) is 0 Å². The standard InChI is InChI=1S/C21H20N2O3/c1-12-6-5-7-16-18(12)14-9-8-13(26-4)10-15(14)19-22-11-17(23(16)19)21(2,3)20(24)25/h5-11H,1-4H3,(H,24,25). The number of ether oxygens (including phenoxy) is 1. The number of hydrogen-bond acceptors (Lipinski definition) is 3. The molecule has 0 amide bonds. The van der Waals surface area contributed by atoms with Crippen LogP contribution >= 0.6 is 0 Å². The Balaban J connectivity index is 2.30. The van der Waals surface area contributed by atoms with E-state index < -0.39 is 11.4 Å². The first kappa shape index (κ1) is 16.4. The lowest BCUT2D eigenvalue weighted by Crippen LogP contribution is -2.30. The molecular formula is C21H20N2O3. The summed E-state index contributed by atoms with van der Waals surface area (Å²) in [5, 5.41) is 12.9. The number of nitrogens with zero attached hydrogens (tertiary/aromatic N) is 2. The van der Waals surface area contributed by atoms with Crippen LogP contribution in [0, 0.1) is 6.92 Å². The normalized spacial score (nSPS) is 12.2. The SMILES string of the molecule is COc1ccc2c(c1)c1ncc(C(C)(C)C(=O)O)n1c1cccc(C)c21. The molecule has 0 aliphatic rings. The Hall–Kier alpha value is -3.08. The van der Waals surface area contributed by atoms with Crippen molar-refractivity contribution in [1.82, 2.24) is 9.38 Å². The number of aromatic nitrogens is 2. The largest absolute Gasteiger partial charge is 0.497 e. The van der Waals surface area contributed by atoms with Crippen LogP contribution in [0.15, 0.2) is 42.6 Å². The smallest absolute Gasteiger partial charge is 0.315 e. The summed E-state index contributed by atoms with van der Waals surface area (Å²) >= 11 is 0. The number of aryl methyl sites for hydroxylation is 1. The maximum atomic E-state index is 11.9. The summed E-state index contributed by atoms with van der Waals surface area (Å²) in [7, 11) is 1.63. The van der Waals surface area contributed by atoms with E-state index in [9.17, 15) is 9.90 Å². The van der Waals surface area contributed by atoms with Crippen molar-refractivity contribution in [3.05, 3.63) is 53.9 Å². The third kappa shape index (κ3) is 2.10. The monoisotopic (exact) mass is 348 g/mol. The van der Waals surface area contributed by atoms with Crippen LogP contribution in [-0.4, -0.2) is 27.6 Å². The molecule has 0 saturated heterocycles. The number of imidazole rings is 1. The second-order valence-corrected chi connectivity index (χ2v) is 7.11. The van der Waals surface area contributed by atoms with Crippen LogP contribution in [0.3, 0.4) is 0 Å². The summed E-state index contributed by atoms with van der Waals surface area (Å²) < 4.78 is 7.37. The first-order chi connectivity index (χ1) is 12.4. The first-order valence-electron chi connectivity index (χ1n) is 8.46. The van der Waals surface area contributed by atoms with E-state index in [0.717, 1.165) is 38.6 Å². The van der Waals surface area contributed by atoms with Crippen LogP contribution in [-0.2, 0) is 10.2 Å². The number of hydrogen-bond donors (Lipinski definition) is 1. The minimum absolute atomic E-state index is 0.653. The number of fused-ring (bicyclic) bond motifs is 6. The van der Waals surface area contributed by atoms with Gasteiger partial charge in [0.2, 0.25) is 0 Å². The zero-order valence-electron chi connectivity index (χ0n) is 15.2. The summed E-state index contributed by atoms with van der Waals surface area (Å²) in [6, 6.07) is 12.0. The lowest BCUT2D eigenvalue weighted by atomic mass is 9.89. The summed E-state index contributed by atoms with van der Waals surface area (Å²) in [4.78, 5) is 16.5. The van der Waals surface area contributed by atoms with Crippen molar-refractivity contribution in [1.29, 1.82) is 0 Å². The Kier molecular flexibility index (Phi) is 3.44. The number of carbonyl (C=O) groups is 1. The van der Waals surface area contributed by atoms with Crippen LogP contribution in [0.1, 0.15) is 25.1 Å². The Morgan fingerprint density at radius 3 is 2.65 bits per heavy atom. The van der Waals surface area contributed by atoms with Crippen LogP contribution in [0.4, 0.5) is 0 Å². The van der Waals surface area contributed by atoms with Crippen molar-refractivity contribution in [3.63, 3.8) is 0 Å². The van der Waals surface area contributed by atoms with E-state index >= 15 is 0 Å². The highest BCUT2D eigenvalue weighted by Gasteiger charge is 2.33. The van der Waals surface area contributed by atoms with Gasteiger partial charge in [0.15, 0.2) is 0 Å². The Bertz CT molecular complexity index is 1190. The highest BCUT2D eigenvalue weighted by molar-refractivity contribution is 6.13. The Morgan fingerprint density at radius 2 is 1.96 bits per heavy atom. The molecule has 0 radical (unpaired) electrons. The highest BCUT2D eigenvalue weighted by Crippen LogP contribution is 2.36. The highest BCUT2D eigenvalue weighted by atomic mass is 16.5.